The van der Waals surface area contributed by atoms with Crippen LogP contribution >= 0.6 is 11.6 Å². The summed E-state index contributed by atoms with van der Waals surface area (Å²) in [5, 5.41) is 56.0. The third-order valence-corrected chi connectivity index (χ3v) is 6.57. The molecular formula is C33H46CaClO12-. The van der Waals surface area contributed by atoms with Crippen molar-refractivity contribution in [2.75, 3.05) is 27.4 Å². The number of hydrogen-bond acceptors (Lipinski definition) is 10. The number of aliphatic hydroxyl groups excluding tert-OH is 5. The molecule has 0 aromatic heterocycles. The SMILES string of the molecule is CCC(O)C(C)=O.COc1ccc(C(Cl)(c2ccccc2)c2ccc(OC)cc2)cc1.O=C(O)C(O)CO.O=C(O)C(O)CO.[CH3-].[Ca+2].[H-].[H-]. The molecule has 260 valence electrons. The first-order valence-electron chi connectivity index (χ1n) is 13.5. The van der Waals surface area contributed by atoms with Crippen molar-refractivity contribution in [3.63, 3.8) is 0 Å². The molecule has 0 aliphatic heterocycles. The maximum absolute atomic E-state index is 10.1. The number of hydrogen-bond donors (Lipinski definition) is 7. The van der Waals surface area contributed by atoms with Crippen LogP contribution in [0.4, 0.5) is 0 Å². The third kappa shape index (κ3) is 17.3. The number of alkyl halides is 1. The molecule has 14 heteroatoms. The molecule has 3 aromatic rings. The molecule has 0 heterocycles. The summed E-state index contributed by atoms with van der Waals surface area (Å²) in [6.07, 6.45) is -3.46. The van der Waals surface area contributed by atoms with Crippen molar-refractivity contribution < 1.29 is 62.5 Å². The predicted molar refractivity (Wildman–Crippen MR) is 181 cm³/mol. The number of carboxylic acid groups (broad SMARTS) is 2. The molecule has 47 heavy (non-hydrogen) atoms. The van der Waals surface area contributed by atoms with Gasteiger partial charge in [-0.1, -0.05) is 61.5 Å². The van der Waals surface area contributed by atoms with E-state index in [0.717, 1.165) is 28.2 Å². The Kier molecular flexibility index (Phi) is 27.1. The summed E-state index contributed by atoms with van der Waals surface area (Å²) in [7, 11) is 3.31. The van der Waals surface area contributed by atoms with Crippen LogP contribution in [0.15, 0.2) is 78.9 Å². The molecule has 0 amide bonds. The number of Topliss-reactive ketones (excluding diaryl/α,β-unsaturated/α-hetero) is 1. The number of carbonyl (C=O) groups excluding carboxylic acids is 1. The van der Waals surface area contributed by atoms with Gasteiger partial charge in [0.1, 0.15) is 22.5 Å². The average Bonchev–Trinajstić information content (AvgIpc) is 3.07. The Balaban J connectivity index is -0.000000215. The second-order valence-electron chi connectivity index (χ2n) is 9.09. The average molecular weight is 710 g/mol. The fourth-order valence-electron chi connectivity index (χ4n) is 3.25. The molecule has 3 atom stereocenters. The molecule has 0 saturated carbocycles. The van der Waals surface area contributed by atoms with Crippen LogP contribution in [0.25, 0.3) is 0 Å². The van der Waals surface area contributed by atoms with Crippen LogP contribution in [0.5, 0.6) is 11.5 Å². The molecular weight excluding hydrogens is 664 g/mol. The summed E-state index contributed by atoms with van der Waals surface area (Å²) in [6, 6.07) is 25.8. The van der Waals surface area contributed by atoms with E-state index in [1.807, 2.05) is 78.9 Å². The number of carbonyl (C=O) groups is 3. The van der Waals surface area contributed by atoms with Gasteiger partial charge < -0.3 is 55.5 Å². The normalized spacial score (nSPS) is 11.7. The van der Waals surface area contributed by atoms with E-state index >= 15 is 0 Å². The minimum absolute atomic E-state index is 0. The number of ether oxygens (including phenoxy) is 2. The molecule has 3 aromatic carbocycles. The van der Waals surface area contributed by atoms with Crippen LogP contribution in [0, 0.1) is 7.43 Å². The number of ketones is 1. The van der Waals surface area contributed by atoms with Gasteiger partial charge in [0.2, 0.25) is 0 Å². The first kappa shape index (κ1) is 48.6. The third-order valence-electron chi connectivity index (χ3n) is 5.92. The molecule has 0 saturated heterocycles. The second kappa shape index (κ2) is 26.2. The number of rotatable bonds is 11. The number of methoxy groups -OCH3 is 2. The summed E-state index contributed by atoms with van der Waals surface area (Å²) in [4.78, 5) is 28.4. The molecule has 0 spiro atoms. The summed E-state index contributed by atoms with van der Waals surface area (Å²) in [5.74, 6) is -1.34. The standard InChI is InChI=1S/C21H19ClO2.C5H10O2.2C3H6O4.CH3.Ca.2H/c1-23-19-12-8-17(9-13-19)21(22,16-6-4-3-5-7-16)18-10-14-20(24-2)15-11-18;1-3-5(7)4(2)6;2*4-1-2(5)3(6)7;;;;/h3-15H,1-2H3;5,7H,3H2,1-2H3;2*2,4-5H,1H2,(H,6,7);1H3;;;/q;;;;-1;+2;2*-1. The van der Waals surface area contributed by atoms with Crippen molar-refractivity contribution in [2.24, 2.45) is 0 Å². The fourth-order valence-corrected chi connectivity index (χ4v) is 3.63. The van der Waals surface area contributed by atoms with E-state index in [2.05, 4.69) is 0 Å². The Morgan fingerprint density at radius 2 is 1.02 bits per heavy atom. The van der Waals surface area contributed by atoms with E-state index in [1.165, 1.54) is 6.92 Å². The Morgan fingerprint density at radius 3 is 1.21 bits per heavy atom. The molecule has 0 bridgehead atoms. The predicted octanol–water partition coefficient (Wildman–Crippen LogP) is 2.72. The molecule has 12 nitrogen and oxygen atoms in total. The van der Waals surface area contributed by atoms with Gasteiger partial charge in [0.15, 0.2) is 18.0 Å². The van der Waals surface area contributed by atoms with E-state index in [9.17, 15) is 14.4 Å². The van der Waals surface area contributed by atoms with Gasteiger partial charge >= 0.3 is 49.7 Å². The van der Waals surface area contributed by atoms with E-state index in [4.69, 9.17) is 56.8 Å². The van der Waals surface area contributed by atoms with Crippen molar-refractivity contribution in [3.05, 3.63) is 103 Å². The largest absolute Gasteiger partial charge is 2.00 e. The second-order valence-corrected chi connectivity index (χ2v) is 9.66. The molecule has 0 fully saturated rings. The van der Waals surface area contributed by atoms with Crippen LogP contribution < -0.4 is 9.47 Å². The van der Waals surface area contributed by atoms with Crippen LogP contribution in [-0.4, -0.2) is 137 Å². The number of halogens is 1. The zero-order valence-corrected chi connectivity index (χ0v) is 30.1. The van der Waals surface area contributed by atoms with Crippen molar-refractivity contribution >= 4 is 67.1 Å². The molecule has 0 aliphatic rings. The number of aliphatic carboxylic acids is 2. The topological polar surface area (TPSA) is 211 Å². The first-order chi connectivity index (χ1) is 21.2. The fraction of sp³-hybridized carbons (Fsp3) is 0.333. The molecule has 3 rings (SSSR count). The summed E-state index contributed by atoms with van der Waals surface area (Å²) in [6.45, 7) is 1.70. The van der Waals surface area contributed by atoms with Crippen molar-refractivity contribution in [3.8, 4) is 11.5 Å². The monoisotopic (exact) mass is 709 g/mol. The van der Waals surface area contributed by atoms with Gasteiger partial charge in [-0.2, -0.15) is 0 Å². The van der Waals surface area contributed by atoms with Crippen LogP contribution in [-0.2, 0) is 19.3 Å². The summed E-state index contributed by atoms with van der Waals surface area (Å²) in [5.41, 5.74) is 2.99. The molecule has 3 unspecified atom stereocenters. The van der Waals surface area contributed by atoms with Crippen molar-refractivity contribution in [1.82, 2.24) is 0 Å². The van der Waals surface area contributed by atoms with E-state index < -0.39 is 48.3 Å². The van der Waals surface area contributed by atoms with Gasteiger partial charge in [0.05, 0.1) is 27.4 Å². The van der Waals surface area contributed by atoms with Gasteiger partial charge in [-0.3, -0.25) is 4.79 Å². The van der Waals surface area contributed by atoms with E-state index in [-0.39, 0.29) is 53.8 Å². The Labute approximate surface area is 313 Å². The molecule has 0 aliphatic carbocycles. The molecule has 7 N–H and O–H groups in total. The summed E-state index contributed by atoms with van der Waals surface area (Å²) >= 11 is 7.22. The zero-order chi connectivity index (χ0) is 34.6. The first-order valence-corrected chi connectivity index (χ1v) is 13.9. The smallest absolute Gasteiger partial charge is 1.00 e. The Bertz CT molecular complexity index is 1190. The zero-order valence-electron chi connectivity index (χ0n) is 29.1. The van der Waals surface area contributed by atoms with Crippen LogP contribution in [0.3, 0.4) is 0 Å². The minimum Gasteiger partial charge on any atom is -1.00 e. The minimum atomic E-state index is -1.63. The number of carboxylic acids is 2. The Morgan fingerprint density at radius 1 is 0.702 bits per heavy atom. The molecule has 0 radical (unpaired) electrons. The maximum atomic E-state index is 10.1. The van der Waals surface area contributed by atoms with Gasteiger partial charge in [0.25, 0.3) is 0 Å². The van der Waals surface area contributed by atoms with Gasteiger partial charge in [-0.25, -0.2) is 9.59 Å². The number of aliphatic hydroxyl groups is 5. The van der Waals surface area contributed by atoms with Gasteiger partial charge in [-0.15, -0.1) is 11.6 Å². The quantitative estimate of drug-likeness (QED) is 0.0663. The maximum Gasteiger partial charge on any atom is 2.00 e. The van der Waals surface area contributed by atoms with Crippen molar-refractivity contribution in [2.45, 2.75) is 43.5 Å². The van der Waals surface area contributed by atoms with E-state index in [0.29, 0.717) is 6.42 Å². The van der Waals surface area contributed by atoms with E-state index in [1.54, 1.807) is 21.1 Å². The Hall–Kier alpha value is -2.78. The van der Waals surface area contributed by atoms with Crippen LogP contribution in [0.1, 0.15) is 39.8 Å². The number of benzene rings is 3. The van der Waals surface area contributed by atoms with Crippen molar-refractivity contribution in [1.29, 1.82) is 0 Å². The van der Waals surface area contributed by atoms with Gasteiger partial charge in [-0.05, 0) is 54.3 Å². The summed E-state index contributed by atoms with van der Waals surface area (Å²) < 4.78 is 10.5. The van der Waals surface area contributed by atoms with Gasteiger partial charge in [0, 0.05) is 0 Å². The van der Waals surface area contributed by atoms with Crippen LogP contribution in [0.2, 0.25) is 0 Å².